The molecule has 112 valence electrons. The molecule has 0 amide bonds. The quantitative estimate of drug-likeness (QED) is 0.808. The fraction of sp³-hybridized carbons (Fsp3) is 0.625. The van der Waals surface area contributed by atoms with Crippen LogP contribution in [0.3, 0.4) is 0 Å². The Hall–Kier alpha value is -0.280. The van der Waals surface area contributed by atoms with Gasteiger partial charge in [0.25, 0.3) is 0 Å². The smallest absolute Gasteiger partial charge is 0.0495 e. The van der Waals surface area contributed by atoms with Crippen LogP contribution in [0.4, 0.5) is 0 Å². The molecule has 2 nitrogen and oxygen atoms in total. The van der Waals surface area contributed by atoms with E-state index in [4.69, 9.17) is 27.9 Å². The van der Waals surface area contributed by atoms with E-state index >= 15 is 0 Å². The molecule has 1 fully saturated rings. The first-order chi connectivity index (χ1) is 9.69. The Morgan fingerprint density at radius 2 is 2.25 bits per heavy atom. The summed E-state index contributed by atoms with van der Waals surface area (Å²) in [5.74, 6) is 0.676. The Morgan fingerprint density at radius 3 is 2.90 bits per heavy atom. The standard InChI is InChI=1S/C16H23Cl2NO/c1-2-6-19-15(8-12-5-7-20-11-12)9-13-3-4-14(17)10-16(13)18/h3-4,10,12,15,19H,2,5-9,11H2,1H3. The van der Waals surface area contributed by atoms with Gasteiger partial charge < -0.3 is 10.1 Å². The number of nitrogens with one attached hydrogen (secondary N) is 1. The zero-order chi connectivity index (χ0) is 14.4. The van der Waals surface area contributed by atoms with Crippen molar-refractivity contribution in [3.8, 4) is 0 Å². The highest BCUT2D eigenvalue weighted by molar-refractivity contribution is 6.35. The van der Waals surface area contributed by atoms with E-state index in [2.05, 4.69) is 12.2 Å². The van der Waals surface area contributed by atoms with E-state index in [0.29, 0.717) is 17.0 Å². The maximum atomic E-state index is 6.29. The third-order valence-electron chi connectivity index (χ3n) is 3.81. The van der Waals surface area contributed by atoms with Crippen LogP contribution in [0.15, 0.2) is 18.2 Å². The minimum atomic E-state index is 0.459. The summed E-state index contributed by atoms with van der Waals surface area (Å²) >= 11 is 12.2. The number of benzene rings is 1. The van der Waals surface area contributed by atoms with Gasteiger partial charge in [0.1, 0.15) is 0 Å². The van der Waals surface area contributed by atoms with Crippen LogP contribution in [0.25, 0.3) is 0 Å². The van der Waals surface area contributed by atoms with Gasteiger partial charge in [0.05, 0.1) is 0 Å². The predicted octanol–water partition coefficient (Wildman–Crippen LogP) is 4.33. The zero-order valence-corrected chi connectivity index (χ0v) is 13.5. The third-order valence-corrected chi connectivity index (χ3v) is 4.39. The lowest BCUT2D eigenvalue weighted by Crippen LogP contribution is -2.34. The van der Waals surface area contributed by atoms with Crippen LogP contribution in [0.1, 0.15) is 31.7 Å². The van der Waals surface area contributed by atoms with E-state index in [9.17, 15) is 0 Å². The molecule has 0 aliphatic carbocycles. The molecule has 1 aliphatic rings. The average Bonchev–Trinajstić information content (AvgIpc) is 2.92. The van der Waals surface area contributed by atoms with Crippen molar-refractivity contribution in [1.29, 1.82) is 0 Å². The Kier molecular flexibility index (Phi) is 6.63. The van der Waals surface area contributed by atoms with Crippen LogP contribution in [0.5, 0.6) is 0 Å². The SMILES string of the molecule is CCCNC(Cc1ccc(Cl)cc1Cl)CC1CCOC1. The molecule has 0 radical (unpaired) electrons. The van der Waals surface area contributed by atoms with Gasteiger partial charge in [0, 0.05) is 29.3 Å². The Balaban J connectivity index is 1.97. The lowest BCUT2D eigenvalue weighted by Gasteiger charge is -2.22. The fourth-order valence-electron chi connectivity index (χ4n) is 2.71. The largest absolute Gasteiger partial charge is 0.381 e. The van der Waals surface area contributed by atoms with Crippen molar-refractivity contribution in [2.75, 3.05) is 19.8 Å². The molecular weight excluding hydrogens is 293 g/mol. The van der Waals surface area contributed by atoms with Crippen LogP contribution in [0.2, 0.25) is 10.0 Å². The Morgan fingerprint density at radius 1 is 1.40 bits per heavy atom. The second-order valence-corrected chi connectivity index (χ2v) is 6.40. The second-order valence-electron chi connectivity index (χ2n) is 5.56. The number of ether oxygens (including phenoxy) is 1. The third kappa shape index (κ3) is 4.92. The predicted molar refractivity (Wildman–Crippen MR) is 85.8 cm³/mol. The van der Waals surface area contributed by atoms with E-state index in [-0.39, 0.29) is 0 Å². The van der Waals surface area contributed by atoms with E-state index in [1.54, 1.807) is 0 Å². The minimum Gasteiger partial charge on any atom is -0.381 e. The number of hydrogen-bond donors (Lipinski definition) is 1. The zero-order valence-electron chi connectivity index (χ0n) is 12.0. The second kappa shape index (κ2) is 8.23. The van der Waals surface area contributed by atoms with Crippen molar-refractivity contribution in [2.24, 2.45) is 5.92 Å². The average molecular weight is 316 g/mol. The molecule has 0 saturated carbocycles. The van der Waals surface area contributed by atoms with Gasteiger partial charge in [-0.25, -0.2) is 0 Å². The summed E-state index contributed by atoms with van der Waals surface area (Å²) in [5.41, 5.74) is 1.17. The van der Waals surface area contributed by atoms with Crippen LogP contribution >= 0.6 is 23.2 Å². The maximum Gasteiger partial charge on any atom is 0.0495 e. The van der Waals surface area contributed by atoms with Crippen molar-refractivity contribution < 1.29 is 4.74 Å². The summed E-state index contributed by atoms with van der Waals surface area (Å²) < 4.78 is 5.48. The summed E-state index contributed by atoms with van der Waals surface area (Å²) in [5, 5.41) is 5.10. The molecule has 1 aromatic rings. The first-order valence-corrected chi connectivity index (χ1v) is 8.19. The van der Waals surface area contributed by atoms with Gasteiger partial charge in [-0.2, -0.15) is 0 Å². The molecule has 2 unspecified atom stereocenters. The lowest BCUT2D eigenvalue weighted by molar-refractivity contribution is 0.181. The summed E-state index contributed by atoms with van der Waals surface area (Å²) in [6, 6.07) is 6.24. The van der Waals surface area contributed by atoms with Crippen LogP contribution in [0, 0.1) is 5.92 Å². The molecule has 1 heterocycles. The molecule has 1 N–H and O–H groups in total. The number of rotatable bonds is 7. The number of hydrogen-bond acceptors (Lipinski definition) is 2. The van der Waals surface area contributed by atoms with Gasteiger partial charge in [-0.3, -0.25) is 0 Å². The molecule has 1 aromatic carbocycles. The van der Waals surface area contributed by atoms with Gasteiger partial charge in [0.15, 0.2) is 0 Å². The molecule has 4 heteroatoms. The summed E-state index contributed by atoms with van der Waals surface area (Å²) in [6.07, 6.45) is 4.43. The van der Waals surface area contributed by atoms with Crippen LogP contribution in [-0.2, 0) is 11.2 Å². The highest BCUT2D eigenvalue weighted by Crippen LogP contribution is 2.25. The molecule has 0 aromatic heterocycles. The van der Waals surface area contributed by atoms with Crippen molar-refractivity contribution >= 4 is 23.2 Å². The molecule has 20 heavy (non-hydrogen) atoms. The van der Waals surface area contributed by atoms with Gasteiger partial charge in [0.2, 0.25) is 0 Å². The van der Waals surface area contributed by atoms with Crippen molar-refractivity contribution in [3.63, 3.8) is 0 Å². The summed E-state index contributed by atoms with van der Waals surface area (Å²) in [6.45, 7) is 5.05. The Bertz CT molecular complexity index is 419. The highest BCUT2D eigenvalue weighted by Gasteiger charge is 2.21. The van der Waals surface area contributed by atoms with E-state index in [1.807, 2.05) is 18.2 Å². The monoisotopic (exact) mass is 315 g/mol. The first kappa shape index (κ1) is 16.1. The van der Waals surface area contributed by atoms with Crippen molar-refractivity contribution in [1.82, 2.24) is 5.32 Å². The summed E-state index contributed by atoms with van der Waals surface area (Å²) in [7, 11) is 0. The van der Waals surface area contributed by atoms with Gasteiger partial charge in [-0.1, -0.05) is 36.2 Å². The number of halogens is 2. The topological polar surface area (TPSA) is 21.3 Å². The van der Waals surface area contributed by atoms with Crippen LogP contribution in [-0.4, -0.2) is 25.8 Å². The van der Waals surface area contributed by atoms with Gasteiger partial charge >= 0.3 is 0 Å². The van der Waals surface area contributed by atoms with Crippen LogP contribution < -0.4 is 5.32 Å². The van der Waals surface area contributed by atoms with Crippen molar-refractivity contribution in [3.05, 3.63) is 33.8 Å². The molecule has 2 rings (SSSR count). The molecule has 1 saturated heterocycles. The Labute approximate surface area is 131 Å². The fourth-order valence-corrected chi connectivity index (χ4v) is 3.20. The van der Waals surface area contributed by atoms with Gasteiger partial charge in [-0.05, 0) is 55.8 Å². The molecule has 2 atom stereocenters. The van der Waals surface area contributed by atoms with Crippen molar-refractivity contribution in [2.45, 2.75) is 38.6 Å². The lowest BCUT2D eigenvalue weighted by atomic mass is 9.94. The molecule has 0 bridgehead atoms. The molecule has 1 aliphatic heterocycles. The maximum absolute atomic E-state index is 6.29. The summed E-state index contributed by atoms with van der Waals surface area (Å²) in [4.78, 5) is 0. The van der Waals surface area contributed by atoms with E-state index in [0.717, 1.165) is 44.0 Å². The van der Waals surface area contributed by atoms with E-state index < -0.39 is 0 Å². The van der Waals surface area contributed by atoms with E-state index in [1.165, 1.54) is 12.0 Å². The molecular formula is C16H23Cl2NO. The minimum absolute atomic E-state index is 0.459. The first-order valence-electron chi connectivity index (χ1n) is 7.44. The van der Waals surface area contributed by atoms with Gasteiger partial charge in [-0.15, -0.1) is 0 Å². The normalized spacial score (nSPS) is 20.2. The molecule has 0 spiro atoms. The highest BCUT2D eigenvalue weighted by atomic mass is 35.5.